The smallest absolute Gasteiger partial charge is 0.346 e. The molecule has 2 aromatic carbocycles. The number of benzene rings is 2. The number of ether oxygens (including phenoxy) is 1. The van der Waals surface area contributed by atoms with E-state index >= 15 is 0 Å². The predicted molar refractivity (Wildman–Crippen MR) is 96.9 cm³/mol. The van der Waals surface area contributed by atoms with Crippen LogP contribution < -0.4 is 0 Å². The average molecular weight is 439 g/mol. The van der Waals surface area contributed by atoms with Gasteiger partial charge in [0.05, 0.1) is 22.3 Å². The van der Waals surface area contributed by atoms with E-state index < -0.39 is 56.6 Å². The molecule has 0 aliphatic heterocycles. The molecule has 0 saturated heterocycles. The number of rotatable bonds is 6. The number of carboxylic acids is 2. The lowest BCUT2D eigenvalue weighted by Crippen LogP contribution is -2.19. The molecule has 0 fully saturated rings. The first-order chi connectivity index (χ1) is 13.5. The fraction of sp³-hybridized carbons (Fsp3) is 0. The number of aromatic carboxylic acids is 2. The van der Waals surface area contributed by atoms with Crippen molar-refractivity contribution >= 4 is 57.6 Å². The molecule has 0 spiro atoms. The second-order valence-electron chi connectivity index (χ2n) is 5.36. The maximum Gasteiger partial charge on any atom is 0.346 e. The van der Waals surface area contributed by atoms with Gasteiger partial charge in [0, 0.05) is 11.1 Å². The van der Waals surface area contributed by atoms with Crippen molar-refractivity contribution in [1.29, 1.82) is 0 Å². The summed E-state index contributed by atoms with van der Waals surface area (Å²) >= 11 is 10.5. The number of esters is 2. The van der Waals surface area contributed by atoms with E-state index in [1.807, 2.05) is 0 Å². The van der Waals surface area contributed by atoms with Crippen molar-refractivity contribution in [3.8, 4) is 0 Å². The van der Waals surface area contributed by atoms with Gasteiger partial charge in [0.2, 0.25) is 0 Å². The van der Waals surface area contributed by atoms with Gasteiger partial charge >= 0.3 is 23.9 Å². The first kappa shape index (κ1) is 21.7. The summed E-state index contributed by atoms with van der Waals surface area (Å²) in [5, 5.41) is 16.5. The maximum absolute atomic E-state index is 12.2. The van der Waals surface area contributed by atoms with Crippen molar-refractivity contribution in [3.05, 3.63) is 69.8 Å². The van der Waals surface area contributed by atoms with Crippen LogP contribution in [-0.2, 0) is 4.74 Å². The largest absolute Gasteiger partial charge is 0.478 e. The molecule has 0 heterocycles. The molecule has 11 heteroatoms. The van der Waals surface area contributed by atoms with Gasteiger partial charge < -0.3 is 14.9 Å². The lowest BCUT2D eigenvalue weighted by atomic mass is 10.0. The van der Waals surface area contributed by atoms with Gasteiger partial charge in [-0.3, -0.25) is 9.59 Å². The summed E-state index contributed by atoms with van der Waals surface area (Å²) in [4.78, 5) is 69.5. The van der Waals surface area contributed by atoms with E-state index in [-0.39, 0.29) is 11.1 Å². The molecule has 29 heavy (non-hydrogen) atoms. The second kappa shape index (κ2) is 8.63. The standard InChI is InChI=1S/C18H8Cl2O9/c19-13(21)7-1-3-9(11(5-7)15(23)24)17(27)29-18(28)10-4-2-8(14(20)22)6-12(10)16(25)26/h1-6H,(H,23,24)(H,25,26). The molecule has 2 N–H and O–H groups in total. The van der Waals surface area contributed by atoms with Crippen LogP contribution >= 0.6 is 23.2 Å². The summed E-state index contributed by atoms with van der Waals surface area (Å²) in [6, 6.07) is 5.58. The topological polar surface area (TPSA) is 152 Å². The second-order valence-corrected chi connectivity index (χ2v) is 6.04. The van der Waals surface area contributed by atoms with Gasteiger partial charge in [0.1, 0.15) is 0 Å². The minimum atomic E-state index is -1.60. The third-order valence-corrected chi connectivity index (χ3v) is 4.02. The van der Waals surface area contributed by atoms with Crippen LogP contribution in [-0.4, -0.2) is 44.6 Å². The SMILES string of the molecule is O=C(Cl)c1ccc(C(=O)OC(=O)c2ccc(C(=O)Cl)cc2C(=O)O)c(C(=O)O)c1. The van der Waals surface area contributed by atoms with Gasteiger partial charge in [-0.05, 0) is 59.6 Å². The number of halogens is 2. The molecule has 148 valence electrons. The molecule has 0 aromatic heterocycles. The summed E-state index contributed by atoms with van der Waals surface area (Å²) < 4.78 is 4.56. The molecule has 0 radical (unpaired) electrons. The van der Waals surface area contributed by atoms with Crippen LogP contribution in [0.4, 0.5) is 0 Å². The van der Waals surface area contributed by atoms with E-state index in [2.05, 4.69) is 4.74 Å². The van der Waals surface area contributed by atoms with Crippen LogP contribution in [0, 0.1) is 0 Å². The Morgan fingerprint density at radius 3 is 1.24 bits per heavy atom. The van der Waals surface area contributed by atoms with Gasteiger partial charge in [0.15, 0.2) is 0 Å². The zero-order valence-corrected chi connectivity index (χ0v) is 15.5. The number of carboxylic acid groups (broad SMARTS) is 2. The Labute approximate surface area is 171 Å². The Morgan fingerprint density at radius 2 is 0.966 bits per heavy atom. The highest BCUT2D eigenvalue weighted by Crippen LogP contribution is 2.19. The molecule has 0 aliphatic rings. The Morgan fingerprint density at radius 1 is 0.621 bits per heavy atom. The van der Waals surface area contributed by atoms with E-state index in [0.717, 1.165) is 36.4 Å². The number of carbonyl (C=O) groups is 6. The Hall–Kier alpha value is -3.56. The van der Waals surface area contributed by atoms with E-state index in [1.165, 1.54) is 0 Å². The van der Waals surface area contributed by atoms with Crippen LogP contribution in [0.2, 0.25) is 0 Å². The highest BCUT2D eigenvalue weighted by Gasteiger charge is 2.25. The number of carbonyl (C=O) groups excluding carboxylic acids is 4. The minimum Gasteiger partial charge on any atom is -0.478 e. The number of hydrogen-bond acceptors (Lipinski definition) is 7. The molecule has 2 aromatic rings. The normalized spacial score (nSPS) is 10.1. The van der Waals surface area contributed by atoms with E-state index in [4.69, 9.17) is 23.2 Å². The highest BCUT2D eigenvalue weighted by molar-refractivity contribution is 6.68. The molecular formula is C18H8Cl2O9. The third kappa shape index (κ3) is 4.84. The summed E-state index contributed by atoms with van der Waals surface area (Å²) in [5.74, 6) is -6.01. The molecule has 9 nitrogen and oxygen atoms in total. The van der Waals surface area contributed by atoms with E-state index in [0.29, 0.717) is 0 Å². The zero-order chi connectivity index (χ0) is 21.9. The molecule has 0 aliphatic carbocycles. The fourth-order valence-corrected chi connectivity index (χ4v) is 2.47. The molecule has 0 unspecified atom stereocenters. The Kier molecular flexibility index (Phi) is 6.47. The Bertz CT molecular complexity index is 1000. The molecule has 2 rings (SSSR count). The summed E-state index contributed by atoms with van der Waals surface area (Å²) in [6.45, 7) is 0. The zero-order valence-electron chi connectivity index (χ0n) is 14.0. The highest BCUT2D eigenvalue weighted by atomic mass is 35.5. The van der Waals surface area contributed by atoms with E-state index in [1.54, 1.807) is 0 Å². The molecule has 0 bridgehead atoms. The van der Waals surface area contributed by atoms with Crippen LogP contribution in [0.15, 0.2) is 36.4 Å². The predicted octanol–water partition coefficient (Wildman–Crippen LogP) is 2.84. The molecule has 0 atom stereocenters. The monoisotopic (exact) mass is 438 g/mol. The van der Waals surface area contributed by atoms with Crippen molar-refractivity contribution in [2.75, 3.05) is 0 Å². The summed E-state index contributed by atoms with van der Waals surface area (Å²) in [5.41, 5.74) is -2.87. The first-order valence-corrected chi connectivity index (χ1v) is 8.19. The van der Waals surface area contributed by atoms with Crippen molar-refractivity contribution < 1.29 is 43.7 Å². The van der Waals surface area contributed by atoms with Gasteiger partial charge in [-0.2, -0.15) is 0 Å². The van der Waals surface area contributed by atoms with Crippen molar-refractivity contribution in [3.63, 3.8) is 0 Å². The van der Waals surface area contributed by atoms with Crippen molar-refractivity contribution in [1.82, 2.24) is 0 Å². The lowest BCUT2D eigenvalue weighted by molar-refractivity contribution is 0.0386. The van der Waals surface area contributed by atoms with Gasteiger partial charge in [-0.1, -0.05) is 0 Å². The van der Waals surface area contributed by atoms with Crippen LogP contribution in [0.3, 0.4) is 0 Å². The van der Waals surface area contributed by atoms with Gasteiger partial charge in [-0.15, -0.1) is 0 Å². The third-order valence-electron chi connectivity index (χ3n) is 3.58. The minimum absolute atomic E-state index is 0.207. The lowest BCUT2D eigenvalue weighted by Gasteiger charge is -2.09. The summed E-state index contributed by atoms with van der Waals surface area (Å²) in [7, 11) is 0. The maximum atomic E-state index is 12.2. The fourth-order valence-electron chi connectivity index (χ4n) is 2.24. The van der Waals surface area contributed by atoms with Crippen LogP contribution in [0.5, 0.6) is 0 Å². The first-order valence-electron chi connectivity index (χ1n) is 7.43. The van der Waals surface area contributed by atoms with Gasteiger partial charge in [-0.25, -0.2) is 19.2 Å². The summed E-state index contributed by atoms with van der Waals surface area (Å²) in [6.07, 6.45) is 0. The van der Waals surface area contributed by atoms with Crippen LogP contribution in [0.25, 0.3) is 0 Å². The van der Waals surface area contributed by atoms with Crippen molar-refractivity contribution in [2.24, 2.45) is 0 Å². The van der Waals surface area contributed by atoms with E-state index in [9.17, 15) is 39.0 Å². The number of hydrogen-bond donors (Lipinski definition) is 2. The average Bonchev–Trinajstić information content (AvgIpc) is 2.66. The van der Waals surface area contributed by atoms with Crippen molar-refractivity contribution in [2.45, 2.75) is 0 Å². The quantitative estimate of drug-likeness (QED) is 0.393. The van der Waals surface area contributed by atoms with Gasteiger partial charge in [0.25, 0.3) is 10.5 Å². The molecule has 0 amide bonds. The Balaban J connectivity index is 2.40. The van der Waals surface area contributed by atoms with Crippen LogP contribution in [0.1, 0.15) is 62.1 Å². The molecular weight excluding hydrogens is 431 g/mol. The molecule has 0 saturated carbocycles.